The number of carbonyl (C=O) groups excluding carboxylic acids is 1. The van der Waals surface area contributed by atoms with Crippen LogP contribution in [0.15, 0.2) is 48.5 Å². The van der Waals surface area contributed by atoms with E-state index in [0.29, 0.717) is 0 Å². The van der Waals surface area contributed by atoms with Gasteiger partial charge in [0.25, 0.3) is 0 Å². The second-order valence-electron chi connectivity index (χ2n) is 4.25. The van der Waals surface area contributed by atoms with E-state index in [-0.39, 0.29) is 11.6 Å². The summed E-state index contributed by atoms with van der Waals surface area (Å²) in [5, 5.41) is 2.46. The Kier molecular flexibility index (Phi) is 3.90. The molecule has 1 atom stereocenters. The average Bonchev–Trinajstić information content (AvgIpc) is 2.42. The van der Waals surface area contributed by atoms with Crippen LogP contribution < -0.4 is 5.32 Å². The molecule has 2 nitrogen and oxygen atoms in total. The number of halogens is 2. The van der Waals surface area contributed by atoms with Gasteiger partial charge in [0.1, 0.15) is 11.6 Å². The minimum Gasteiger partial charge on any atom is -0.323 e. The van der Waals surface area contributed by atoms with Gasteiger partial charge in [-0.1, -0.05) is 30.3 Å². The lowest BCUT2D eigenvalue weighted by atomic mass is 10.0. The van der Waals surface area contributed by atoms with E-state index in [1.165, 1.54) is 6.07 Å². The van der Waals surface area contributed by atoms with Crippen LogP contribution in [-0.4, -0.2) is 5.91 Å². The summed E-state index contributed by atoms with van der Waals surface area (Å²) in [5.41, 5.74) is 0.816. The number of carbonyl (C=O) groups is 1. The van der Waals surface area contributed by atoms with Gasteiger partial charge in [-0.3, -0.25) is 4.79 Å². The van der Waals surface area contributed by atoms with Crippen LogP contribution in [0.2, 0.25) is 0 Å². The Bertz CT molecular complexity index is 584. The number of hydrogen-bond donors (Lipinski definition) is 1. The number of hydrogen-bond acceptors (Lipinski definition) is 1. The first kappa shape index (κ1) is 13.2. The van der Waals surface area contributed by atoms with Gasteiger partial charge in [0, 0.05) is 6.07 Å². The SMILES string of the molecule is CC(C(=O)Nc1ccc(F)cc1F)c1ccccc1. The van der Waals surface area contributed by atoms with Gasteiger partial charge in [-0.2, -0.15) is 0 Å². The van der Waals surface area contributed by atoms with Gasteiger partial charge < -0.3 is 5.32 Å². The number of benzene rings is 2. The molecule has 2 rings (SSSR count). The minimum absolute atomic E-state index is 0.0193. The molecule has 0 bridgehead atoms. The lowest BCUT2D eigenvalue weighted by molar-refractivity contribution is -0.117. The standard InChI is InChI=1S/C15H13F2NO/c1-10(11-5-3-2-4-6-11)15(19)18-14-8-7-12(16)9-13(14)17/h2-10H,1H3,(H,18,19). The van der Waals surface area contributed by atoms with Gasteiger partial charge in [-0.15, -0.1) is 0 Å². The van der Waals surface area contributed by atoms with Crippen molar-refractivity contribution in [3.63, 3.8) is 0 Å². The first-order chi connectivity index (χ1) is 9.08. The molecule has 0 aliphatic heterocycles. The van der Waals surface area contributed by atoms with E-state index in [1.807, 2.05) is 30.3 Å². The molecule has 0 saturated heterocycles. The summed E-state index contributed by atoms with van der Waals surface area (Å²) < 4.78 is 26.2. The van der Waals surface area contributed by atoms with Crippen LogP contribution in [-0.2, 0) is 4.79 Å². The van der Waals surface area contributed by atoms with E-state index in [2.05, 4.69) is 5.32 Å². The normalized spacial score (nSPS) is 11.9. The fourth-order valence-electron chi connectivity index (χ4n) is 1.72. The number of rotatable bonds is 3. The van der Waals surface area contributed by atoms with Gasteiger partial charge in [-0.05, 0) is 24.6 Å². The largest absolute Gasteiger partial charge is 0.323 e. The molecule has 0 heterocycles. The van der Waals surface area contributed by atoms with Gasteiger partial charge in [0.2, 0.25) is 5.91 Å². The number of nitrogens with one attached hydrogen (secondary N) is 1. The van der Waals surface area contributed by atoms with Crippen LogP contribution in [0.4, 0.5) is 14.5 Å². The fourth-order valence-corrected chi connectivity index (χ4v) is 1.72. The number of anilines is 1. The summed E-state index contributed by atoms with van der Waals surface area (Å²) in [5.74, 6) is -2.21. The van der Waals surface area contributed by atoms with E-state index < -0.39 is 17.6 Å². The lowest BCUT2D eigenvalue weighted by Crippen LogP contribution is -2.19. The zero-order chi connectivity index (χ0) is 13.8. The molecule has 1 unspecified atom stereocenters. The van der Waals surface area contributed by atoms with E-state index >= 15 is 0 Å². The molecule has 0 aromatic heterocycles. The first-order valence-corrected chi connectivity index (χ1v) is 5.89. The Morgan fingerprint density at radius 2 is 1.79 bits per heavy atom. The molecular weight excluding hydrogens is 248 g/mol. The van der Waals surface area contributed by atoms with Crippen LogP contribution in [0.25, 0.3) is 0 Å². The van der Waals surface area contributed by atoms with E-state index in [9.17, 15) is 13.6 Å². The van der Waals surface area contributed by atoms with Crippen LogP contribution in [0, 0.1) is 11.6 Å². The molecular formula is C15H13F2NO. The van der Waals surface area contributed by atoms with Gasteiger partial charge in [0.05, 0.1) is 11.6 Å². The van der Waals surface area contributed by atoms with E-state index in [0.717, 1.165) is 17.7 Å². The third-order valence-electron chi connectivity index (χ3n) is 2.88. The Hall–Kier alpha value is -2.23. The topological polar surface area (TPSA) is 29.1 Å². The maximum absolute atomic E-state index is 13.4. The highest BCUT2D eigenvalue weighted by atomic mass is 19.1. The zero-order valence-electron chi connectivity index (χ0n) is 10.4. The molecule has 0 radical (unpaired) electrons. The van der Waals surface area contributed by atoms with E-state index in [1.54, 1.807) is 6.92 Å². The molecule has 4 heteroatoms. The summed E-state index contributed by atoms with van der Waals surface area (Å²) in [7, 11) is 0. The Morgan fingerprint density at radius 1 is 1.11 bits per heavy atom. The summed E-state index contributed by atoms with van der Waals surface area (Å²) in [4.78, 5) is 12.0. The quantitative estimate of drug-likeness (QED) is 0.896. The van der Waals surface area contributed by atoms with Crippen molar-refractivity contribution in [2.24, 2.45) is 0 Å². The molecule has 0 spiro atoms. The molecule has 0 aliphatic carbocycles. The lowest BCUT2D eigenvalue weighted by Gasteiger charge is -2.13. The molecule has 0 aliphatic rings. The van der Waals surface area contributed by atoms with Crippen LogP contribution in [0.1, 0.15) is 18.4 Å². The summed E-state index contributed by atoms with van der Waals surface area (Å²) in [6.45, 7) is 1.73. The van der Waals surface area contributed by atoms with Crippen molar-refractivity contribution < 1.29 is 13.6 Å². The average molecular weight is 261 g/mol. The maximum Gasteiger partial charge on any atom is 0.231 e. The van der Waals surface area contributed by atoms with Gasteiger partial charge >= 0.3 is 0 Å². The van der Waals surface area contributed by atoms with Crippen molar-refractivity contribution in [3.8, 4) is 0 Å². The predicted molar refractivity (Wildman–Crippen MR) is 69.8 cm³/mol. The monoisotopic (exact) mass is 261 g/mol. The molecule has 0 fully saturated rings. The predicted octanol–water partition coefficient (Wildman–Crippen LogP) is 3.71. The zero-order valence-corrected chi connectivity index (χ0v) is 10.4. The first-order valence-electron chi connectivity index (χ1n) is 5.89. The van der Waals surface area contributed by atoms with Crippen LogP contribution in [0.3, 0.4) is 0 Å². The molecule has 1 N–H and O–H groups in total. The van der Waals surface area contributed by atoms with E-state index in [4.69, 9.17) is 0 Å². The van der Waals surface area contributed by atoms with Gasteiger partial charge in [-0.25, -0.2) is 8.78 Å². The Morgan fingerprint density at radius 3 is 2.42 bits per heavy atom. The van der Waals surface area contributed by atoms with Crippen molar-refractivity contribution in [2.75, 3.05) is 5.32 Å². The van der Waals surface area contributed by atoms with Crippen molar-refractivity contribution in [1.29, 1.82) is 0 Å². The number of amides is 1. The molecule has 2 aromatic carbocycles. The van der Waals surface area contributed by atoms with Crippen molar-refractivity contribution >= 4 is 11.6 Å². The third-order valence-corrected chi connectivity index (χ3v) is 2.88. The minimum atomic E-state index is -0.784. The van der Waals surface area contributed by atoms with Crippen molar-refractivity contribution in [2.45, 2.75) is 12.8 Å². The summed E-state index contributed by atoms with van der Waals surface area (Å²) >= 11 is 0. The fraction of sp³-hybridized carbons (Fsp3) is 0.133. The second kappa shape index (κ2) is 5.61. The Labute approximate surface area is 110 Å². The maximum atomic E-state index is 13.4. The van der Waals surface area contributed by atoms with Crippen molar-refractivity contribution in [1.82, 2.24) is 0 Å². The van der Waals surface area contributed by atoms with Crippen LogP contribution >= 0.6 is 0 Å². The highest BCUT2D eigenvalue weighted by molar-refractivity contribution is 5.95. The molecule has 1 amide bonds. The van der Waals surface area contributed by atoms with Gasteiger partial charge in [0.15, 0.2) is 0 Å². The second-order valence-corrected chi connectivity index (χ2v) is 4.25. The summed E-state index contributed by atoms with van der Waals surface area (Å²) in [6.07, 6.45) is 0. The summed E-state index contributed by atoms with van der Waals surface area (Å²) in [6, 6.07) is 12.2. The molecule has 98 valence electrons. The molecule has 2 aromatic rings. The highest BCUT2D eigenvalue weighted by Crippen LogP contribution is 2.20. The highest BCUT2D eigenvalue weighted by Gasteiger charge is 2.16. The van der Waals surface area contributed by atoms with Crippen LogP contribution in [0.5, 0.6) is 0 Å². The van der Waals surface area contributed by atoms with Crippen molar-refractivity contribution in [3.05, 3.63) is 65.7 Å². The third kappa shape index (κ3) is 3.16. The Balaban J connectivity index is 2.13. The molecule has 19 heavy (non-hydrogen) atoms. The smallest absolute Gasteiger partial charge is 0.231 e. The molecule has 0 saturated carbocycles.